The molecule has 1 aliphatic heterocycles. The summed E-state index contributed by atoms with van der Waals surface area (Å²) in [5.74, 6) is -0.370. The predicted octanol–water partition coefficient (Wildman–Crippen LogP) is 0.444. The van der Waals surface area contributed by atoms with Gasteiger partial charge in [0.05, 0.1) is 6.42 Å². The zero-order chi connectivity index (χ0) is 13.5. The molecule has 0 aromatic carbocycles. The average molecular weight is 257 g/mol. The molecule has 0 radical (unpaired) electrons. The summed E-state index contributed by atoms with van der Waals surface area (Å²) in [7, 11) is 1.62. The molecule has 0 bridgehead atoms. The van der Waals surface area contributed by atoms with Gasteiger partial charge in [-0.1, -0.05) is 6.92 Å². The van der Waals surface area contributed by atoms with Gasteiger partial charge in [0.2, 0.25) is 0 Å². The maximum absolute atomic E-state index is 11.7. The first kappa shape index (κ1) is 14.8. The van der Waals surface area contributed by atoms with Crippen molar-refractivity contribution in [2.45, 2.75) is 19.8 Å². The van der Waals surface area contributed by atoms with Crippen molar-refractivity contribution in [3.8, 4) is 0 Å². The van der Waals surface area contributed by atoms with E-state index in [4.69, 9.17) is 5.11 Å². The molecule has 0 aliphatic carbocycles. The highest BCUT2D eigenvalue weighted by Crippen LogP contribution is 2.14. The SMILES string of the molecule is CCN1CCC(CNC(=O)N(C)CCC(=O)O)C1. The van der Waals surface area contributed by atoms with Crippen LogP contribution in [0, 0.1) is 5.92 Å². The Balaban J connectivity index is 2.18. The fourth-order valence-electron chi connectivity index (χ4n) is 2.10. The molecule has 1 heterocycles. The van der Waals surface area contributed by atoms with Crippen LogP contribution in [-0.4, -0.2) is 66.7 Å². The second-order valence-corrected chi connectivity index (χ2v) is 4.80. The second-order valence-electron chi connectivity index (χ2n) is 4.80. The predicted molar refractivity (Wildman–Crippen MR) is 68.5 cm³/mol. The smallest absolute Gasteiger partial charge is 0.317 e. The monoisotopic (exact) mass is 257 g/mol. The molecule has 1 saturated heterocycles. The number of aliphatic carboxylic acids is 1. The van der Waals surface area contributed by atoms with Crippen LogP contribution >= 0.6 is 0 Å². The number of carboxylic acid groups (broad SMARTS) is 1. The van der Waals surface area contributed by atoms with Crippen molar-refractivity contribution in [2.75, 3.05) is 39.8 Å². The van der Waals surface area contributed by atoms with Crippen LogP contribution in [0.25, 0.3) is 0 Å². The van der Waals surface area contributed by atoms with Crippen molar-refractivity contribution in [1.29, 1.82) is 0 Å². The Morgan fingerprint density at radius 2 is 2.22 bits per heavy atom. The molecule has 104 valence electrons. The number of carboxylic acids is 1. The van der Waals surface area contributed by atoms with E-state index in [9.17, 15) is 9.59 Å². The van der Waals surface area contributed by atoms with Gasteiger partial charge in [-0.15, -0.1) is 0 Å². The quantitative estimate of drug-likeness (QED) is 0.724. The maximum Gasteiger partial charge on any atom is 0.317 e. The number of amides is 2. The number of nitrogens with one attached hydrogen (secondary N) is 1. The first-order valence-corrected chi connectivity index (χ1v) is 6.46. The maximum atomic E-state index is 11.7. The molecule has 2 N–H and O–H groups in total. The van der Waals surface area contributed by atoms with Crippen LogP contribution in [0.2, 0.25) is 0 Å². The van der Waals surface area contributed by atoms with Crippen molar-refractivity contribution in [1.82, 2.24) is 15.1 Å². The third kappa shape index (κ3) is 4.91. The van der Waals surface area contributed by atoms with Crippen LogP contribution in [0.1, 0.15) is 19.8 Å². The second kappa shape index (κ2) is 7.20. The summed E-state index contributed by atoms with van der Waals surface area (Å²) < 4.78 is 0. The number of carbonyl (C=O) groups excluding carboxylic acids is 1. The average Bonchev–Trinajstić information content (AvgIpc) is 2.80. The van der Waals surface area contributed by atoms with Crippen molar-refractivity contribution in [3.63, 3.8) is 0 Å². The normalized spacial score (nSPS) is 19.8. The van der Waals surface area contributed by atoms with Crippen LogP contribution < -0.4 is 5.32 Å². The van der Waals surface area contributed by atoms with E-state index in [-0.39, 0.29) is 19.0 Å². The van der Waals surface area contributed by atoms with E-state index < -0.39 is 5.97 Å². The van der Waals surface area contributed by atoms with Gasteiger partial charge in [0.25, 0.3) is 0 Å². The molecular weight excluding hydrogens is 234 g/mol. The highest BCUT2D eigenvalue weighted by Gasteiger charge is 2.21. The minimum absolute atomic E-state index is 0.0169. The van der Waals surface area contributed by atoms with Crippen molar-refractivity contribution < 1.29 is 14.7 Å². The number of carbonyl (C=O) groups is 2. The van der Waals surface area contributed by atoms with E-state index in [1.165, 1.54) is 4.90 Å². The number of urea groups is 1. The number of likely N-dealkylation sites (tertiary alicyclic amines) is 1. The summed E-state index contributed by atoms with van der Waals surface area (Å²) in [6.45, 7) is 6.25. The zero-order valence-electron chi connectivity index (χ0n) is 11.2. The number of rotatable bonds is 6. The molecule has 6 heteroatoms. The molecule has 6 nitrogen and oxygen atoms in total. The Labute approximate surface area is 108 Å². The third-order valence-electron chi connectivity index (χ3n) is 3.37. The Kier molecular flexibility index (Phi) is 5.91. The lowest BCUT2D eigenvalue weighted by Crippen LogP contribution is -2.40. The molecule has 18 heavy (non-hydrogen) atoms. The lowest BCUT2D eigenvalue weighted by Gasteiger charge is -2.19. The molecule has 1 fully saturated rings. The molecule has 0 aromatic heterocycles. The Morgan fingerprint density at radius 3 is 2.78 bits per heavy atom. The molecule has 2 amide bonds. The fraction of sp³-hybridized carbons (Fsp3) is 0.833. The molecule has 0 spiro atoms. The molecular formula is C12H23N3O3. The van der Waals surface area contributed by atoms with Gasteiger partial charge in [-0.3, -0.25) is 4.79 Å². The highest BCUT2D eigenvalue weighted by molar-refractivity contribution is 5.74. The molecule has 1 rings (SSSR count). The van der Waals surface area contributed by atoms with Crippen LogP contribution in [0.3, 0.4) is 0 Å². The van der Waals surface area contributed by atoms with Gasteiger partial charge >= 0.3 is 12.0 Å². The number of nitrogens with zero attached hydrogens (tertiary/aromatic N) is 2. The van der Waals surface area contributed by atoms with Crippen LogP contribution in [0.15, 0.2) is 0 Å². The van der Waals surface area contributed by atoms with E-state index >= 15 is 0 Å². The summed E-state index contributed by atoms with van der Waals surface area (Å²) in [5.41, 5.74) is 0. The Bertz CT molecular complexity index is 296. The Morgan fingerprint density at radius 1 is 1.50 bits per heavy atom. The van der Waals surface area contributed by atoms with Crippen LogP contribution in [-0.2, 0) is 4.79 Å². The van der Waals surface area contributed by atoms with E-state index in [0.717, 1.165) is 26.1 Å². The standard InChI is InChI=1S/C12H23N3O3/c1-3-15-7-4-10(9-15)8-13-12(18)14(2)6-5-11(16)17/h10H,3-9H2,1-2H3,(H,13,18)(H,16,17). The lowest BCUT2D eigenvalue weighted by atomic mass is 10.1. The lowest BCUT2D eigenvalue weighted by molar-refractivity contribution is -0.137. The van der Waals surface area contributed by atoms with E-state index in [0.29, 0.717) is 12.5 Å². The fourth-order valence-corrected chi connectivity index (χ4v) is 2.10. The van der Waals surface area contributed by atoms with Crippen LogP contribution in [0.4, 0.5) is 4.79 Å². The van der Waals surface area contributed by atoms with Crippen molar-refractivity contribution in [3.05, 3.63) is 0 Å². The molecule has 0 aromatic rings. The van der Waals surface area contributed by atoms with Gasteiger partial charge in [-0.25, -0.2) is 4.79 Å². The van der Waals surface area contributed by atoms with Gasteiger partial charge in [-0.05, 0) is 25.4 Å². The first-order valence-electron chi connectivity index (χ1n) is 6.46. The summed E-state index contributed by atoms with van der Waals surface area (Å²) in [6, 6.07) is -0.189. The minimum Gasteiger partial charge on any atom is -0.481 e. The van der Waals surface area contributed by atoms with Gasteiger partial charge in [0.15, 0.2) is 0 Å². The van der Waals surface area contributed by atoms with Gasteiger partial charge < -0.3 is 20.2 Å². The number of hydrogen-bond acceptors (Lipinski definition) is 3. The van der Waals surface area contributed by atoms with Crippen LogP contribution in [0.5, 0.6) is 0 Å². The summed E-state index contributed by atoms with van der Waals surface area (Å²) in [6.07, 6.45) is 1.10. The molecule has 0 saturated carbocycles. The van der Waals surface area contributed by atoms with E-state index in [1.807, 2.05) is 0 Å². The largest absolute Gasteiger partial charge is 0.481 e. The van der Waals surface area contributed by atoms with Gasteiger partial charge in [0, 0.05) is 26.7 Å². The Hall–Kier alpha value is -1.30. The molecule has 1 atom stereocenters. The zero-order valence-corrected chi connectivity index (χ0v) is 11.2. The van der Waals surface area contributed by atoms with Gasteiger partial charge in [0.1, 0.15) is 0 Å². The topological polar surface area (TPSA) is 72.9 Å². The van der Waals surface area contributed by atoms with E-state index in [2.05, 4.69) is 17.1 Å². The van der Waals surface area contributed by atoms with Crippen molar-refractivity contribution >= 4 is 12.0 Å². The van der Waals surface area contributed by atoms with Gasteiger partial charge in [-0.2, -0.15) is 0 Å². The molecule has 1 aliphatic rings. The van der Waals surface area contributed by atoms with Crippen molar-refractivity contribution in [2.24, 2.45) is 5.92 Å². The first-order chi connectivity index (χ1) is 8.52. The highest BCUT2D eigenvalue weighted by atomic mass is 16.4. The third-order valence-corrected chi connectivity index (χ3v) is 3.37. The summed E-state index contributed by atoms with van der Waals surface area (Å²) >= 11 is 0. The summed E-state index contributed by atoms with van der Waals surface area (Å²) in [4.78, 5) is 25.9. The number of hydrogen-bond donors (Lipinski definition) is 2. The summed E-state index contributed by atoms with van der Waals surface area (Å²) in [5, 5.41) is 11.4. The minimum atomic E-state index is -0.885. The molecule has 1 unspecified atom stereocenters. The van der Waals surface area contributed by atoms with E-state index in [1.54, 1.807) is 7.05 Å².